The summed E-state index contributed by atoms with van der Waals surface area (Å²) in [7, 11) is 0. The van der Waals surface area contributed by atoms with Crippen LogP contribution in [0.15, 0.2) is 18.5 Å². The van der Waals surface area contributed by atoms with Gasteiger partial charge in [-0.15, -0.1) is 11.6 Å². The van der Waals surface area contributed by atoms with Gasteiger partial charge in [-0.3, -0.25) is 9.88 Å². The molecule has 0 aromatic carbocycles. The summed E-state index contributed by atoms with van der Waals surface area (Å²) in [6, 6.07) is 2.42. The minimum absolute atomic E-state index is 0.466. The standard InChI is InChI=1S/C11H16Cl2N2/c1-9(2)15(6-4-12)8-10-3-5-14-7-11(10)13/h3,5,7,9H,4,6,8H2,1-2H3. The van der Waals surface area contributed by atoms with Crippen LogP contribution in [0.1, 0.15) is 19.4 Å². The molecule has 84 valence electrons. The van der Waals surface area contributed by atoms with E-state index in [0.29, 0.717) is 11.9 Å². The predicted octanol–water partition coefficient (Wildman–Crippen LogP) is 3.18. The third-order valence-electron chi connectivity index (χ3n) is 2.33. The van der Waals surface area contributed by atoms with Crippen molar-refractivity contribution in [1.82, 2.24) is 9.88 Å². The lowest BCUT2D eigenvalue weighted by molar-refractivity contribution is 0.226. The van der Waals surface area contributed by atoms with E-state index in [1.807, 2.05) is 6.07 Å². The normalized spacial score (nSPS) is 11.3. The lowest BCUT2D eigenvalue weighted by Gasteiger charge is -2.25. The van der Waals surface area contributed by atoms with Gasteiger partial charge in [-0.05, 0) is 25.5 Å². The first-order valence-corrected chi connectivity index (χ1v) is 5.94. The van der Waals surface area contributed by atoms with Gasteiger partial charge in [0, 0.05) is 37.4 Å². The Morgan fingerprint density at radius 3 is 2.73 bits per heavy atom. The van der Waals surface area contributed by atoms with E-state index in [2.05, 4.69) is 23.7 Å². The van der Waals surface area contributed by atoms with Gasteiger partial charge in [0.15, 0.2) is 0 Å². The Morgan fingerprint density at radius 2 is 2.20 bits per heavy atom. The summed E-state index contributed by atoms with van der Waals surface area (Å²) in [6.45, 7) is 6.01. The van der Waals surface area contributed by atoms with Crippen molar-refractivity contribution in [2.24, 2.45) is 0 Å². The highest BCUT2D eigenvalue weighted by molar-refractivity contribution is 6.31. The lowest BCUT2D eigenvalue weighted by atomic mass is 10.2. The first-order chi connectivity index (χ1) is 7.15. The van der Waals surface area contributed by atoms with Crippen LogP contribution in [0.2, 0.25) is 5.02 Å². The van der Waals surface area contributed by atoms with Crippen molar-refractivity contribution in [2.75, 3.05) is 12.4 Å². The molecule has 15 heavy (non-hydrogen) atoms. The van der Waals surface area contributed by atoms with Crippen LogP contribution >= 0.6 is 23.2 Å². The second kappa shape index (κ2) is 6.31. The van der Waals surface area contributed by atoms with E-state index >= 15 is 0 Å². The van der Waals surface area contributed by atoms with Crippen LogP contribution in [-0.2, 0) is 6.54 Å². The maximum absolute atomic E-state index is 6.05. The van der Waals surface area contributed by atoms with Crippen LogP contribution in [0.3, 0.4) is 0 Å². The van der Waals surface area contributed by atoms with E-state index in [1.54, 1.807) is 12.4 Å². The molecule has 0 saturated carbocycles. The Kier molecular flexibility index (Phi) is 5.37. The lowest BCUT2D eigenvalue weighted by Crippen LogP contribution is -2.32. The minimum atomic E-state index is 0.466. The molecular weight excluding hydrogens is 231 g/mol. The first kappa shape index (κ1) is 12.8. The molecule has 0 saturated heterocycles. The van der Waals surface area contributed by atoms with Crippen molar-refractivity contribution < 1.29 is 0 Å². The van der Waals surface area contributed by atoms with Gasteiger partial charge in [0.1, 0.15) is 0 Å². The third kappa shape index (κ3) is 3.98. The predicted molar refractivity (Wildman–Crippen MR) is 65.5 cm³/mol. The molecule has 0 fully saturated rings. The smallest absolute Gasteiger partial charge is 0.0634 e. The van der Waals surface area contributed by atoms with Crippen molar-refractivity contribution in [3.05, 3.63) is 29.0 Å². The van der Waals surface area contributed by atoms with Crippen LogP contribution in [0.5, 0.6) is 0 Å². The molecule has 0 aliphatic rings. The van der Waals surface area contributed by atoms with E-state index in [4.69, 9.17) is 23.2 Å². The van der Waals surface area contributed by atoms with Crippen molar-refractivity contribution in [3.8, 4) is 0 Å². The molecule has 0 unspecified atom stereocenters. The maximum Gasteiger partial charge on any atom is 0.0634 e. The van der Waals surface area contributed by atoms with Crippen molar-refractivity contribution in [2.45, 2.75) is 26.4 Å². The summed E-state index contributed by atoms with van der Waals surface area (Å²) in [6.07, 6.45) is 3.44. The maximum atomic E-state index is 6.05. The number of halogens is 2. The van der Waals surface area contributed by atoms with Gasteiger partial charge >= 0.3 is 0 Å². The second-order valence-electron chi connectivity index (χ2n) is 3.72. The topological polar surface area (TPSA) is 16.1 Å². The highest BCUT2D eigenvalue weighted by Gasteiger charge is 2.10. The van der Waals surface area contributed by atoms with Gasteiger partial charge < -0.3 is 0 Å². The summed E-state index contributed by atoms with van der Waals surface area (Å²) in [5.74, 6) is 0.640. The first-order valence-electron chi connectivity index (χ1n) is 5.03. The summed E-state index contributed by atoms with van der Waals surface area (Å²) < 4.78 is 0. The van der Waals surface area contributed by atoms with Crippen LogP contribution in [0, 0.1) is 0 Å². The van der Waals surface area contributed by atoms with Gasteiger partial charge in [-0.25, -0.2) is 0 Å². The fourth-order valence-electron chi connectivity index (χ4n) is 1.38. The SMILES string of the molecule is CC(C)N(CCCl)Cc1ccncc1Cl. The van der Waals surface area contributed by atoms with Gasteiger partial charge in [-0.1, -0.05) is 11.6 Å². The van der Waals surface area contributed by atoms with Crippen LogP contribution < -0.4 is 0 Å². The molecule has 0 amide bonds. The molecule has 4 heteroatoms. The zero-order valence-electron chi connectivity index (χ0n) is 9.08. The number of pyridine rings is 1. The van der Waals surface area contributed by atoms with Gasteiger partial charge in [0.25, 0.3) is 0 Å². The summed E-state index contributed by atoms with van der Waals surface area (Å²) in [4.78, 5) is 6.25. The number of alkyl halides is 1. The average molecular weight is 247 g/mol. The monoisotopic (exact) mass is 246 g/mol. The Labute approximate surface area is 101 Å². The summed E-state index contributed by atoms with van der Waals surface area (Å²) in [5, 5.41) is 0.720. The molecule has 0 spiro atoms. The van der Waals surface area contributed by atoms with E-state index < -0.39 is 0 Å². The molecule has 1 aromatic rings. The fraction of sp³-hybridized carbons (Fsp3) is 0.545. The number of nitrogens with zero attached hydrogens (tertiary/aromatic N) is 2. The molecular formula is C11H16Cl2N2. The number of rotatable bonds is 5. The highest BCUT2D eigenvalue weighted by Crippen LogP contribution is 2.16. The Bertz CT molecular complexity index is 302. The molecule has 1 heterocycles. The van der Waals surface area contributed by atoms with Gasteiger partial charge in [-0.2, -0.15) is 0 Å². The summed E-state index contributed by atoms with van der Waals surface area (Å²) >= 11 is 11.8. The van der Waals surface area contributed by atoms with Crippen LogP contribution in [-0.4, -0.2) is 28.4 Å². The number of aromatic nitrogens is 1. The molecule has 0 aliphatic heterocycles. The van der Waals surface area contributed by atoms with Crippen molar-refractivity contribution in [1.29, 1.82) is 0 Å². The number of hydrogen-bond acceptors (Lipinski definition) is 2. The third-order valence-corrected chi connectivity index (χ3v) is 2.84. The minimum Gasteiger partial charge on any atom is -0.295 e. The molecule has 1 rings (SSSR count). The second-order valence-corrected chi connectivity index (χ2v) is 4.51. The molecule has 2 nitrogen and oxygen atoms in total. The average Bonchev–Trinajstić information content (AvgIpc) is 2.20. The van der Waals surface area contributed by atoms with E-state index in [9.17, 15) is 0 Å². The summed E-state index contributed by atoms with van der Waals surface area (Å²) in [5.41, 5.74) is 1.10. The molecule has 1 aromatic heterocycles. The van der Waals surface area contributed by atoms with E-state index in [0.717, 1.165) is 23.7 Å². The van der Waals surface area contributed by atoms with Crippen LogP contribution in [0.25, 0.3) is 0 Å². The van der Waals surface area contributed by atoms with Crippen molar-refractivity contribution >= 4 is 23.2 Å². The molecule has 0 atom stereocenters. The molecule has 0 radical (unpaired) electrons. The van der Waals surface area contributed by atoms with E-state index in [-0.39, 0.29) is 0 Å². The fourth-order valence-corrected chi connectivity index (χ4v) is 1.78. The van der Waals surface area contributed by atoms with Gasteiger partial charge in [0.2, 0.25) is 0 Å². The zero-order chi connectivity index (χ0) is 11.3. The largest absolute Gasteiger partial charge is 0.295 e. The quantitative estimate of drug-likeness (QED) is 0.743. The van der Waals surface area contributed by atoms with Gasteiger partial charge in [0.05, 0.1) is 5.02 Å². The number of hydrogen-bond donors (Lipinski definition) is 0. The Morgan fingerprint density at radius 1 is 1.47 bits per heavy atom. The van der Waals surface area contributed by atoms with Crippen LogP contribution in [0.4, 0.5) is 0 Å². The Balaban J connectivity index is 2.69. The van der Waals surface area contributed by atoms with Crippen molar-refractivity contribution in [3.63, 3.8) is 0 Å². The Hall–Kier alpha value is -0.310. The zero-order valence-corrected chi connectivity index (χ0v) is 10.6. The highest BCUT2D eigenvalue weighted by atomic mass is 35.5. The van der Waals surface area contributed by atoms with E-state index in [1.165, 1.54) is 0 Å². The molecule has 0 bridgehead atoms. The molecule has 0 N–H and O–H groups in total. The molecule has 0 aliphatic carbocycles.